The minimum atomic E-state index is -0.977. The Labute approximate surface area is 136 Å². The molecule has 0 bridgehead atoms. The monoisotopic (exact) mass is 321 g/mol. The Balaban J connectivity index is 1.96. The normalized spacial score (nSPS) is 20.5. The molecule has 0 aliphatic carbocycles. The Hall–Kier alpha value is -2.08. The lowest BCUT2D eigenvalue weighted by atomic mass is 9.88. The highest BCUT2D eigenvalue weighted by Gasteiger charge is 2.46. The van der Waals surface area contributed by atoms with Gasteiger partial charge in [-0.15, -0.1) is 0 Å². The van der Waals surface area contributed by atoms with Crippen LogP contribution in [0.4, 0.5) is 0 Å². The van der Waals surface area contributed by atoms with E-state index in [2.05, 4.69) is 0 Å². The third-order valence-corrected chi connectivity index (χ3v) is 4.38. The molecule has 1 fully saturated rings. The molecule has 0 radical (unpaired) electrons. The summed E-state index contributed by atoms with van der Waals surface area (Å²) in [5, 5.41) is 9.44. The molecule has 6 nitrogen and oxygen atoms in total. The summed E-state index contributed by atoms with van der Waals surface area (Å²) in [4.78, 5) is 25.5. The highest BCUT2D eigenvalue weighted by atomic mass is 16.5. The average molecular weight is 321 g/mol. The molecule has 1 aliphatic rings. The quantitative estimate of drug-likeness (QED) is 0.825. The molecular formula is C17H23NO5. The van der Waals surface area contributed by atoms with Gasteiger partial charge in [-0.25, -0.2) is 0 Å². The Morgan fingerprint density at radius 2 is 2.04 bits per heavy atom. The van der Waals surface area contributed by atoms with Crippen molar-refractivity contribution in [3.8, 4) is 5.75 Å². The van der Waals surface area contributed by atoms with Crippen molar-refractivity contribution in [2.75, 3.05) is 33.9 Å². The Morgan fingerprint density at radius 1 is 1.30 bits per heavy atom. The van der Waals surface area contributed by atoms with Crippen molar-refractivity contribution in [2.45, 2.75) is 19.3 Å². The van der Waals surface area contributed by atoms with E-state index in [4.69, 9.17) is 9.47 Å². The first-order valence-corrected chi connectivity index (χ1v) is 7.64. The fourth-order valence-corrected chi connectivity index (χ4v) is 3.02. The van der Waals surface area contributed by atoms with Gasteiger partial charge in [0.05, 0.1) is 13.7 Å². The van der Waals surface area contributed by atoms with Crippen molar-refractivity contribution in [1.82, 2.24) is 4.90 Å². The third kappa shape index (κ3) is 3.82. The van der Waals surface area contributed by atoms with Gasteiger partial charge in [0.1, 0.15) is 11.2 Å². The minimum Gasteiger partial charge on any atom is -0.496 e. The van der Waals surface area contributed by atoms with E-state index in [-0.39, 0.29) is 19.1 Å². The summed E-state index contributed by atoms with van der Waals surface area (Å²) in [6.45, 7) is 0.792. The van der Waals surface area contributed by atoms with Gasteiger partial charge in [0.25, 0.3) is 0 Å². The van der Waals surface area contributed by atoms with Crippen LogP contribution in [-0.2, 0) is 20.7 Å². The zero-order valence-electron chi connectivity index (χ0n) is 13.6. The third-order valence-electron chi connectivity index (χ3n) is 4.38. The number of hydrogen-bond acceptors (Lipinski definition) is 4. The van der Waals surface area contributed by atoms with Crippen molar-refractivity contribution in [3.05, 3.63) is 29.8 Å². The van der Waals surface area contributed by atoms with Crippen LogP contribution in [0.1, 0.15) is 18.4 Å². The fraction of sp³-hybridized carbons (Fsp3) is 0.529. The van der Waals surface area contributed by atoms with Gasteiger partial charge in [0.15, 0.2) is 0 Å². The van der Waals surface area contributed by atoms with Crippen LogP contribution < -0.4 is 4.74 Å². The van der Waals surface area contributed by atoms with E-state index >= 15 is 0 Å². The van der Waals surface area contributed by atoms with E-state index in [1.54, 1.807) is 12.0 Å². The minimum absolute atomic E-state index is 0.0323. The van der Waals surface area contributed by atoms with Gasteiger partial charge in [-0.05, 0) is 24.5 Å². The first-order chi connectivity index (χ1) is 11.0. The Bertz CT molecular complexity index is 574. The maximum absolute atomic E-state index is 12.4. The van der Waals surface area contributed by atoms with Crippen molar-refractivity contribution < 1.29 is 24.2 Å². The lowest BCUT2D eigenvalue weighted by Crippen LogP contribution is -2.40. The molecule has 0 spiro atoms. The van der Waals surface area contributed by atoms with Gasteiger partial charge in [-0.2, -0.15) is 0 Å². The Morgan fingerprint density at radius 3 is 2.70 bits per heavy atom. The number of aryl methyl sites for hydroxylation is 1. The van der Waals surface area contributed by atoms with Crippen LogP contribution in [0.2, 0.25) is 0 Å². The van der Waals surface area contributed by atoms with Crippen molar-refractivity contribution >= 4 is 11.9 Å². The molecule has 126 valence electrons. The lowest BCUT2D eigenvalue weighted by molar-refractivity contribution is -0.151. The number of methoxy groups -OCH3 is 2. The molecule has 1 heterocycles. The number of nitrogens with zero attached hydrogens (tertiary/aromatic N) is 1. The molecule has 6 heteroatoms. The van der Waals surface area contributed by atoms with Gasteiger partial charge < -0.3 is 19.5 Å². The number of carboxylic acids is 1. The largest absolute Gasteiger partial charge is 0.496 e. The fourth-order valence-electron chi connectivity index (χ4n) is 3.02. The number of carbonyl (C=O) groups excluding carboxylic acids is 1. The van der Waals surface area contributed by atoms with Crippen molar-refractivity contribution in [1.29, 1.82) is 0 Å². The number of ether oxygens (including phenoxy) is 2. The lowest BCUT2D eigenvalue weighted by Gasteiger charge is -2.23. The molecule has 1 N–H and O–H groups in total. The van der Waals surface area contributed by atoms with Gasteiger partial charge in [-0.3, -0.25) is 9.59 Å². The predicted octanol–water partition coefficient (Wildman–Crippen LogP) is 1.58. The first-order valence-electron chi connectivity index (χ1n) is 7.64. The highest BCUT2D eigenvalue weighted by molar-refractivity contribution is 5.81. The van der Waals surface area contributed by atoms with Crippen LogP contribution in [0.3, 0.4) is 0 Å². The highest BCUT2D eigenvalue weighted by Crippen LogP contribution is 2.32. The zero-order chi connectivity index (χ0) is 16.9. The van der Waals surface area contributed by atoms with E-state index in [9.17, 15) is 14.7 Å². The summed E-state index contributed by atoms with van der Waals surface area (Å²) < 4.78 is 10.3. The van der Waals surface area contributed by atoms with Crippen molar-refractivity contribution in [2.24, 2.45) is 5.41 Å². The number of rotatable bonds is 7. The average Bonchev–Trinajstić information content (AvgIpc) is 2.99. The topological polar surface area (TPSA) is 76.1 Å². The predicted molar refractivity (Wildman–Crippen MR) is 84.5 cm³/mol. The van der Waals surface area contributed by atoms with Gasteiger partial charge in [0, 0.05) is 26.6 Å². The molecule has 0 saturated carbocycles. The summed E-state index contributed by atoms with van der Waals surface area (Å²) >= 11 is 0. The summed E-state index contributed by atoms with van der Waals surface area (Å²) in [6.07, 6.45) is 1.34. The van der Waals surface area contributed by atoms with E-state index in [0.29, 0.717) is 25.8 Å². The molecule has 1 saturated heterocycles. The molecule has 1 atom stereocenters. The molecule has 23 heavy (non-hydrogen) atoms. The molecule has 2 rings (SSSR count). The van der Waals surface area contributed by atoms with Crippen LogP contribution in [0.15, 0.2) is 24.3 Å². The van der Waals surface area contributed by atoms with Crippen LogP contribution in [0.5, 0.6) is 5.75 Å². The van der Waals surface area contributed by atoms with E-state index < -0.39 is 11.4 Å². The number of aliphatic carboxylic acids is 1. The summed E-state index contributed by atoms with van der Waals surface area (Å²) in [6, 6.07) is 7.59. The number of para-hydroxylation sites is 1. The second kappa shape index (κ2) is 7.46. The molecule has 1 aliphatic heterocycles. The SMILES string of the molecule is COCC1(C(=O)O)CCN(C(=O)CCc2ccccc2OC)C1. The van der Waals surface area contributed by atoms with E-state index in [0.717, 1.165) is 11.3 Å². The van der Waals surface area contributed by atoms with Gasteiger partial charge in [-0.1, -0.05) is 18.2 Å². The summed E-state index contributed by atoms with van der Waals surface area (Å²) in [7, 11) is 3.09. The van der Waals surface area contributed by atoms with Crippen LogP contribution in [0, 0.1) is 5.41 Å². The van der Waals surface area contributed by atoms with E-state index in [1.807, 2.05) is 24.3 Å². The molecule has 1 aromatic carbocycles. The zero-order valence-corrected chi connectivity index (χ0v) is 13.6. The van der Waals surface area contributed by atoms with Crippen LogP contribution in [0.25, 0.3) is 0 Å². The van der Waals surface area contributed by atoms with Crippen molar-refractivity contribution in [3.63, 3.8) is 0 Å². The number of benzene rings is 1. The van der Waals surface area contributed by atoms with Gasteiger partial charge >= 0.3 is 5.97 Å². The molecule has 1 aromatic rings. The number of hydrogen-bond donors (Lipinski definition) is 1. The summed E-state index contributed by atoms with van der Waals surface area (Å²) in [5.41, 5.74) is -0.00147. The Kier molecular flexibility index (Phi) is 5.60. The maximum atomic E-state index is 12.4. The van der Waals surface area contributed by atoms with E-state index in [1.165, 1.54) is 7.11 Å². The maximum Gasteiger partial charge on any atom is 0.313 e. The molecule has 0 aromatic heterocycles. The number of carboxylic acid groups (broad SMARTS) is 1. The molecule has 1 unspecified atom stereocenters. The van der Waals surface area contributed by atoms with Gasteiger partial charge in [0.2, 0.25) is 5.91 Å². The first kappa shape index (κ1) is 17.3. The number of likely N-dealkylation sites (tertiary alicyclic amines) is 1. The summed E-state index contributed by atoms with van der Waals surface area (Å²) in [5.74, 6) is -0.171. The number of amides is 1. The second-order valence-electron chi connectivity index (χ2n) is 5.90. The number of carbonyl (C=O) groups is 2. The van der Waals surface area contributed by atoms with Crippen LogP contribution >= 0.6 is 0 Å². The van der Waals surface area contributed by atoms with Crippen LogP contribution in [-0.4, -0.2) is 55.8 Å². The molecule has 1 amide bonds. The smallest absolute Gasteiger partial charge is 0.313 e. The molecular weight excluding hydrogens is 298 g/mol. The second-order valence-corrected chi connectivity index (χ2v) is 5.90. The standard InChI is InChI=1S/C17H23NO5/c1-22-12-17(16(20)21)9-10-18(11-17)15(19)8-7-13-5-3-4-6-14(13)23-2/h3-6H,7-12H2,1-2H3,(H,20,21).